The van der Waals surface area contributed by atoms with Crippen LogP contribution in [0.1, 0.15) is 5.56 Å². The van der Waals surface area contributed by atoms with Crippen molar-refractivity contribution in [2.45, 2.75) is 6.42 Å². The van der Waals surface area contributed by atoms with Crippen LogP contribution in [0, 0.1) is 0 Å². The SMILES string of the molecule is Cn1cc(CCNc2cc(-c3ccccc3)nc3ncnn23)cn1. The van der Waals surface area contributed by atoms with Crippen molar-refractivity contribution in [3.8, 4) is 11.3 Å². The van der Waals surface area contributed by atoms with Gasteiger partial charge in [0.05, 0.1) is 11.9 Å². The van der Waals surface area contributed by atoms with Crippen LogP contribution < -0.4 is 5.32 Å². The van der Waals surface area contributed by atoms with Crippen molar-refractivity contribution in [2.75, 3.05) is 11.9 Å². The predicted molar refractivity (Wildman–Crippen MR) is 91.6 cm³/mol. The first-order chi connectivity index (χ1) is 11.8. The minimum Gasteiger partial charge on any atom is -0.370 e. The van der Waals surface area contributed by atoms with Gasteiger partial charge >= 0.3 is 0 Å². The summed E-state index contributed by atoms with van der Waals surface area (Å²) in [6, 6.07) is 12.1. The Balaban J connectivity index is 1.60. The predicted octanol–water partition coefficient (Wildman–Crippen LogP) is 2.18. The maximum Gasteiger partial charge on any atom is 0.254 e. The molecule has 1 N–H and O–H groups in total. The van der Waals surface area contributed by atoms with E-state index in [9.17, 15) is 0 Å². The summed E-state index contributed by atoms with van der Waals surface area (Å²) in [5.74, 6) is 1.46. The van der Waals surface area contributed by atoms with Crippen molar-refractivity contribution in [3.63, 3.8) is 0 Å². The molecule has 7 nitrogen and oxygen atoms in total. The van der Waals surface area contributed by atoms with Gasteiger partial charge in [0.2, 0.25) is 0 Å². The van der Waals surface area contributed by atoms with E-state index in [-0.39, 0.29) is 0 Å². The number of benzene rings is 1. The third kappa shape index (κ3) is 2.83. The number of hydrogen-bond acceptors (Lipinski definition) is 5. The number of nitrogens with one attached hydrogen (secondary N) is 1. The summed E-state index contributed by atoms with van der Waals surface area (Å²) in [4.78, 5) is 8.79. The summed E-state index contributed by atoms with van der Waals surface area (Å²) in [5.41, 5.74) is 3.12. The van der Waals surface area contributed by atoms with E-state index in [1.165, 1.54) is 11.9 Å². The van der Waals surface area contributed by atoms with Crippen LogP contribution in [0.2, 0.25) is 0 Å². The fourth-order valence-corrected chi connectivity index (χ4v) is 2.63. The first-order valence-electron chi connectivity index (χ1n) is 7.77. The molecule has 0 spiro atoms. The number of hydrogen-bond donors (Lipinski definition) is 1. The molecule has 4 aromatic rings. The molecular formula is C17H17N7. The highest BCUT2D eigenvalue weighted by Gasteiger charge is 2.09. The molecule has 120 valence electrons. The largest absolute Gasteiger partial charge is 0.370 e. The van der Waals surface area contributed by atoms with Crippen molar-refractivity contribution in [1.29, 1.82) is 0 Å². The second-order valence-electron chi connectivity index (χ2n) is 5.56. The topological polar surface area (TPSA) is 72.9 Å². The summed E-state index contributed by atoms with van der Waals surface area (Å²) in [6.45, 7) is 0.777. The third-order valence-electron chi connectivity index (χ3n) is 3.80. The second kappa shape index (κ2) is 6.11. The Morgan fingerprint density at radius 1 is 1.12 bits per heavy atom. The zero-order chi connectivity index (χ0) is 16.4. The summed E-state index contributed by atoms with van der Waals surface area (Å²) >= 11 is 0. The van der Waals surface area contributed by atoms with Crippen LogP contribution in [0.25, 0.3) is 17.0 Å². The van der Waals surface area contributed by atoms with Crippen molar-refractivity contribution >= 4 is 11.6 Å². The van der Waals surface area contributed by atoms with Crippen LogP contribution in [0.5, 0.6) is 0 Å². The molecule has 7 heteroatoms. The van der Waals surface area contributed by atoms with Crippen molar-refractivity contribution in [1.82, 2.24) is 29.4 Å². The zero-order valence-electron chi connectivity index (χ0n) is 13.3. The van der Waals surface area contributed by atoms with Gasteiger partial charge in [-0.25, -0.2) is 4.98 Å². The van der Waals surface area contributed by atoms with Gasteiger partial charge in [0.25, 0.3) is 5.78 Å². The fourth-order valence-electron chi connectivity index (χ4n) is 2.63. The number of rotatable bonds is 5. The summed E-state index contributed by atoms with van der Waals surface area (Å²) < 4.78 is 3.53. The third-order valence-corrected chi connectivity index (χ3v) is 3.80. The molecule has 0 atom stereocenters. The van der Waals surface area contributed by atoms with Gasteiger partial charge in [-0.15, -0.1) is 0 Å². The molecule has 0 unspecified atom stereocenters. The normalized spacial score (nSPS) is 11.0. The second-order valence-corrected chi connectivity index (χ2v) is 5.56. The van der Waals surface area contributed by atoms with Gasteiger partial charge in [0, 0.05) is 31.4 Å². The number of fused-ring (bicyclic) bond motifs is 1. The number of nitrogens with zero attached hydrogens (tertiary/aromatic N) is 6. The Hall–Kier alpha value is -3.22. The quantitative estimate of drug-likeness (QED) is 0.610. The Kier molecular flexibility index (Phi) is 3.66. The molecule has 3 aromatic heterocycles. The lowest BCUT2D eigenvalue weighted by Gasteiger charge is -2.09. The fraction of sp³-hybridized carbons (Fsp3) is 0.176. The molecule has 0 radical (unpaired) electrons. The lowest BCUT2D eigenvalue weighted by molar-refractivity contribution is 0.766. The summed E-state index contributed by atoms with van der Waals surface area (Å²) in [6.07, 6.45) is 6.31. The summed E-state index contributed by atoms with van der Waals surface area (Å²) in [7, 11) is 1.92. The van der Waals surface area contributed by atoms with Crippen LogP contribution >= 0.6 is 0 Å². The molecule has 0 aliphatic heterocycles. The van der Waals surface area contributed by atoms with Crippen LogP contribution in [-0.2, 0) is 13.5 Å². The van der Waals surface area contributed by atoms with E-state index in [2.05, 4.69) is 25.5 Å². The molecule has 0 bridgehead atoms. The Bertz CT molecular complexity index is 955. The smallest absolute Gasteiger partial charge is 0.254 e. The maximum atomic E-state index is 4.57. The van der Waals surface area contributed by atoms with E-state index in [0.717, 1.165) is 30.0 Å². The molecule has 0 fully saturated rings. The number of aryl methyl sites for hydroxylation is 1. The molecule has 0 aliphatic carbocycles. The van der Waals surface area contributed by atoms with Gasteiger partial charge in [-0.3, -0.25) is 4.68 Å². The first kappa shape index (κ1) is 14.4. The van der Waals surface area contributed by atoms with E-state index in [0.29, 0.717) is 5.78 Å². The molecule has 0 aliphatic rings. The molecule has 0 saturated heterocycles. The highest BCUT2D eigenvalue weighted by atomic mass is 15.3. The Morgan fingerprint density at radius 2 is 2.00 bits per heavy atom. The molecule has 4 rings (SSSR count). The number of aromatic nitrogens is 6. The molecule has 3 heterocycles. The Labute approximate surface area is 139 Å². The molecular weight excluding hydrogens is 302 g/mol. The monoisotopic (exact) mass is 319 g/mol. The van der Waals surface area contributed by atoms with Gasteiger partial charge in [-0.2, -0.15) is 19.7 Å². The van der Waals surface area contributed by atoms with Crippen LogP contribution in [-0.4, -0.2) is 35.9 Å². The van der Waals surface area contributed by atoms with Crippen LogP contribution in [0.15, 0.2) is 55.1 Å². The van der Waals surface area contributed by atoms with Gasteiger partial charge in [-0.05, 0) is 12.0 Å². The average Bonchev–Trinajstić information content (AvgIpc) is 3.24. The average molecular weight is 319 g/mol. The van der Waals surface area contributed by atoms with Crippen LogP contribution in [0.4, 0.5) is 5.82 Å². The first-order valence-corrected chi connectivity index (χ1v) is 7.77. The maximum absolute atomic E-state index is 4.57. The Morgan fingerprint density at radius 3 is 2.79 bits per heavy atom. The lowest BCUT2D eigenvalue weighted by Crippen LogP contribution is -2.10. The minimum absolute atomic E-state index is 0.584. The molecule has 0 saturated carbocycles. The molecule has 24 heavy (non-hydrogen) atoms. The van der Waals surface area contributed by atoms with E-state index in [1.54, 1.807) is 4.52 Å². The standard InChI is InChI=1S/C17H17N7/c1-23-11-13(10-20-23)7-8-18-16-9-15(14-5-3-2-4-6-14)22-17-19-12-21-24(16)17/h2-6,9-12,18H,7-8H2,1H3. The van der Waals surface area contributed by atoms with E-state index < -0.39 is 0 Å². The minimum atomic E-state index is 0.584. The van der Waals surface area contributed by atoms with Crippen molar-refractivity contribution in [2.24, 2.45) is 7.05 Å². The van der Waals surface area contributed by atoms with Crippen molar-refractivity contribution < 1.29 is 0 Å². The van der Waals surface area contributed by atoms with E-state index in [4.69, 9.17) is 0 Å². The highest BCUT2D eigenvalue weighted by molar-refractivity contribution is 5.65. The lowest BCUT2D eigenvalue weighted by atomic mass is 10.1. The number of anilines is 1. The molecule has 1 aromatic carbocycles. The van der Waals surface area contributed by atoms with E-state index >= 15 is 0 Å². The zero-order valence-corrected chi connectivity index (χ0v) is 13.3. The van der Waals surface area contributed by atoms with E-state index in [1.807, 2.05) is 60.5 Å². The van der Waals surface area contributed by atoms with Crippen LogP contribution in [0.3, 0.4) is 0 Å². The van der Waals surface area contributed by atoms with Crippen molar-refractivity contribution in [3.05, 3.63) is 60.7 Å². The van der Waals surface area contributed by atoms with Gasteiger partial charge in [0.1, 0.15) is 12.1 Å². The van der Waals surface area contributed by atoms with Gasteiger partial charge < -0.3 is 5.32 Å². The summed E-state index contributed by atoms with van der Waals surface area (Å²) in [5, 5.41) is 11.9. The highest BCUT2D eigenvalue weighted by Crippen LogP contribution is 2.21. The van der Waals surface area contributed by atoms with Gasteiger partial charge in [0.15, 0.2) is 0 Å². The molecule has 0 amide bonds. The van der Waals surface area contributed by atoms with Gasteiger partial charge in [-0.1, -0.05) is 30.3 Å².